The summed E-state index contributed by atoms with van der Waals surface area (Å²) in [5, 5.41) is 15.0. The van der Waals surface area contributed by atoms with E-state index in [-0.39, 0.29) is 29.6 Å². The number of fused-ring (bicyclic) bond motifs is 1. The lowest BCUT2D eigenvalue weighted by Gasteiger charge is -2.43. The summed E-state index contributed by atoms with van der Waals surface area (Å²) in [4.78, 5) is 27.5. The highest BCUT2D eigenvalue weighted by molar-refractivity contribution is 5.96. The fourth-order valence-corrected chi connectivity index (χ4v) is 4.92. The molecule has 0 unspecified atom stereocenters. The fourth-order valence-electron chi connectivity index (χ4n) is 4.92. The van der Waals surface area contributed by atoms with E-state index < -0.39 is 11.2 Å². The molecule has 7 nitrogen and oxygen atoms in total. The van der Waals surface area contributed by atoms with Crippen LogP contribution >= 0.6 is 0 Å². The minimum Gasteiger partial charge on any atom is -0.502 e. The lowest BCUT2D eigenvalue weighted by Crippen LogP contribution is -2.52. The van der Waals surface area contributed by atoms with Crippen LogP contribution in [-0.4, -0.2) is 51.5 Å². The number of hydrogen-bond donors (Lipinski definition) is 1. The van der Waals surface area contributed by atoms with Crippen LogP contribution in [0.2, 0.25) is 0 Å². The molecule has 1 aromatic heterocycles. The van der Waals surface area contributed by atoms with E-state index in [0.717, 1.165) is 30.2 Å². The van der Waals surface area contributed by atoms with Crippen molar-refractivity contribution in [3.8, 4) is 5.75 Å². The SMILES string of the molecule is O=C1c2c(O)c(=O)cnn2[C@H](C(c2ccccc2)c2ccccc2)CN1C1CCOCC1. The van der Waals surface area contributed by atoms with Gasteiger partial charge in [0.15, 0.2) is 11.4 Å². The first-order valence-corrected chi connectivity index (χ1v) is 10.9. The third kappa shape index (κ3) is 3.58. The molecule has 164 valence electrons. The van der Waals surface area contributed by atoms with Gasteiger partial charge in [-0.2, -0.15) is 5.10 Å². The van der Waals surface area contributed by atoms with Crippen molar-refractivity contribution in [3.63, 3.8) is 0 Å². The molecular weight excluding hydrogens is 406 g/mol. The Morgan fingerprint density at radius 3 is 2.12 bits per heavy atom. The molecule has 1 amide bonds. The van der Waals surface area contributed by atoms with Crippen molar-refractivity contribution in [2.75, 3.05) is 19.8 Å². The predicted octanol–water partition coefficient (Wildman–Crippen LogP) is 2.96. The van der Waals surface area contributed by atoms with Gasteiger partial charge in [0.05, 0.1) is 12.2 Å². The Hall–Kier alpha value is -3.45. The van der Waals surface area contributed by atoms with E-state index in [9.17, 15) is 14.7 Å². The van der Waals surface area contributed by atoms with Crippen LogP contribution in [0.15, 0.2) is 71.7 Å². The molecule has 0 radical (unpaired) electrons. The molecule has 0 aliphatic carbocycles. The van der Waals surface area contributed by atoms with Crippen molar-refractivity contribution in [3.05, 3.63) is 93.9 Å². The zero-order valence-electron chi connectivity index (χ0n) is 17.6. The molecule has 0 bridgehead atoms. The summed E-state index contributed by atoms with van der Waals surface area (Å²) < 4.78 is 7.05. The molecule has 3 aromatic rings. The van der Waals surface area contributed by atoms with E-state index in [0.29, 0.717) is 19.8 Å². The molecule has 1 atom stereocenters. The Morgan fingerprint density at radius 1 is 0.938 bits per heavy atom. The minimum absolute atomic E-state index is 0.00518. The summed E-state index contributed by atoms with van der Waals surface area (Å²) in [5.74, 6) is -1.01. The zero-order chi connectivity index (χ0) is 22.1. The van der Waals surface area contributed by atoms with E-state index in [1.54, 1.807) is 4.68 Å². The van der Waals surface area contributed by atoms with Crippen molar-refractivity contribution in [2.45, 2.75) is 30.8 Å². The van der Waals surface area contributed by atoms with Gasteiger partial charge in [0.25, 0.3) is 5.91 Å². The molecule has 0 saturated carbocycles. The van der Waals surface area contributed by atoms with E-state index in [1.807, 2.05) is 41.3 Å². The van der Waals surface area contributed by atoms with Gasteiger partial charge in [-0.1, -0.05) is 60.7 Å². The molecule has 2 aliphatic heterocycles. The second kappa shape index (κ2) is 8.59. The monoisotopic (exact) mass is 431 g/mol. The van der Waals surface area contributed by atoms with E-state index >= 15 is 0 Å². The molecule has 0 spiro atoms. The molecule has 1 saturated heterocycles. The molecule has 1 fully saturated rings. The average molecular weight is 431 g/mol. The second-order valence-corrected chi connectivity index (χ2v) is 8.32. The number of amides is 1. The smallest absolute Gasteiger partial charge is 0.276 e. The first-order chi connectivity index (χ1) is 15.6. The van der Waals surface area contributed by atoms with Crippen LogP contribution in [0.4, 0.5) is 0 Å². The van der Waals surface area contributed by atoms with Gasteiger partial charge < -0.3 is 14.7 Å². The summed E-state index contributed by atoms with van der Waals surface area (Å²) in [6.45, 7) is 1.61. The number of hydrogen-bond acceptors (Lipinski definition) is 5. The Balaban J connectivity index is 1.68. The summed E-state index contributed by atoms with van der Waals surface area (Å²) in [6.07, 6.45) is 2.55. The van der Waals surface area contributed by atoms with Crippen molar-refractivity contribution in [1.29, 1.82) is 0 Å². The Bertz CT molecular complexity index is 1120. The van der Waals surface area contributed by atoms with Crippen LogP contribution < -0.4 is 5.43 Å². The number of aromatic nitrogens is 2. The van der Waals surface area contributed by atoms with Gasteiger partial charge >= 0.3 is 0 Å². The van der Waals surface area contributed by atoms with Gasteiger partial charge in [0.1, 0.15) is 0 Å². The standard InChI is InChI=1S/C25H25N3O4/c29-21-15-26-28-20(22(17-7-3-1-4-8-17)18-9-5-2-6-10-18)16-27(19-11-13-32-14-12-19)25(31)23(28)24(21)30/h1-10,15,19-20,22,30H,11-14,16H2/t20-/m0/s1. The highest BCUT2D eigenvalue weighted by atomic mass is 16.5. The van der Waals surface area contributed by atoms with Crippen LogP contribution in [0.25, 0.3) is 0 Å². The fraction of sp³-hybridized carbons (Fsp3) is 0.320. The maximum absolute atomic E-state index is 13.5. The van der Waals surface area contributed by atoms with Gasteiger partial charge in [0, 0.05) is 31.7 Å². The van der Waals surface area contributed by atoms with Crippen molar-refractivity contribution in [1.82, 2.24) is 14.7 Å². The third-order valence-electron chi connectivity index (χ3n) is 6.48. The van der Waals surface area contributed by atoms with Gasteiger partial charge in [-0.15, -0.1) is 0 Å². The number of nitrogens with zero attached hydrogens (tertiary/aromatic N) is 3. The molecule has 1 N–H and O–H groups in total. The maximum atomic E-state index is 13.5. The van der Waals surface area contributed by atoms with Crippen LogP contribution in [0, 0.1) is 0 Å². The predicted molar refractivity (Wildman–Crippen MR) is 119 cm³/mol. The van der Waals surface area contributed by atoms with Crippen molar-refractivity contribution in [2.24, 2.45) is 0 Å². The molecule has 2 aliphatic rings. The lowest BCUT2D eigenvalue weighted by molar-refractivity contribution is 0.0172. The van der Waals surface area contributed by atoms with E-state index in [4.69, 9.17) is 4.74 Å². The first kappa shape index (κ1) is 20.5. The number of carbonyl (C=O) groups is 1. The number of aromatic hydroxyl groups is 1. The van der Waals surface area contributed by atoms with Gasteiger partial charge in [-0.05, 0) is 24.0 Å². The topological polar surface area (TPSA) is 84.7 Å². The highest BCUT2D eigenvalue weighted by Gasteiger charge is 2.42. The van der Waals surface area contributed by atoms with Crippen molar-refractivity contribution < 1.29 is 14.6 Å². The summed E-state index contributed by atoms with van der Waals surface area (Å²) in [5.41, 5.74) is 1.48. The second-order valence-electron chi connectivity index (χ2n) is 8.32. The Morgan fingerprint density at radius 2 is 1.53 bits per heavy atom. The van der Waals surface area contributed by atoms with E-state index in [2.05, 4.69) is 29.4 Å². The van der Waals surface area contributed by atoms with Crippen LogP contribution in [-0.2, 0) is 4.74 Å². The Kier molecular flexibility index (Phi) is 5.49. The average Bonchev–Trinajstić information content (AvgIpc) is 2.84. The number of carbonyl (C=O) groups excluding carboxylic acids is 1. The zero-order valence-corrected chi connectivity index (χ0v) is 17.6. The quantitative estimate of drug-likeness (QED) is 0.687. The summed E-state index contributed by atoms with van der Waals surface area (Å²) >= 11 is 0. The van der Waals surface area contributed by atoms with E-state index in [1.165, 1.54) is 0 Å². The van der Waals surface area contributed by atoms with Gasteiger partial charge in [0.2, 0.25) is 5.43 Å². The van der Waals surface area contributed by atoms with Crippen LogP contribution in [0.3, 0.4) is 0 Å². The highest BCUT2D eigenvalue weighted by Crippen LogP contribution is 2.40. The molecule has 2 aromatic carbocycles. The largest absolute Gasteiger partial charge is 0.502 e. The molecule has 7 heteroatoms. The number of benzene rings is 2. The van der Waals surface area contributed by atoms with Crippen LogP contribution in [0.1, 0.15) is 46.4 Å². The molecule has 3 heterocycles. The van der Waals surface area contributed by atoms with Gasteiger partial charge in [-0.25, -0.2) is 0 Å². The van der Waals surface area contributed by atoms with Crippen molar-refractivity contribution >= 4 is 5.91 Å². The molecular formula is C25H25N3O4. The minimum atomic E-state index is -0.645. The first-order valence-electron chi connectivity index (χ1n) is 10.9. The number of ether oxygens (including phenoxy) is 1. The molecule has 5 rings (SSSR count). The maximum Gasteiger partial charge on any atom is 0.276 e. The lowest BCUT2D eigenvalue weighted by atomic mass is 9.83. The normalized spacial score (nSPS) is 19.2. The van der Waals surface area contributed by atoms with Crippen LogP contribution in [0.5, 0.6) is 5.75 Å². The summed E-state index contributed by atoms with van der Waals surface area (Å²) in [7, 11) is 0. The Labute approximate surface area is 185 Å². The van der Waals surface area contributed by atoms with Gasteiger partial charge in [-0.3, -0.25) is 14.3 Å². The number of rotatable bonds is 4. The molecule has 32 heavy (non-hydrogen) atoms. The third-order valence-corrected chi connectivity index (χ3v) is 6.48. The summed E-state index contributed by atoms with van der Waals surface area (Å²) in [6, 6.07) is 19.9.